The number of methoxy groups -OCH3 is 1. The van der Waals surface area contributed by atoms with Crippen molar-refractivity contribution >= 4 is 23.6 Å². The number of hydrogen-bond acceptors (Lipinski definition) is 4. The second-order valence-electron chi connectivity index (χ2n) is 6.71. The van der Waals surface area contributed by atoms with Crippen LogP contribution in [0, 0.1) is 6.92 Å². The van der Waals surface area contributed by atoms with Crippen LogP contribution in [0.4, 0.5) is 0 Å². The predicted octanol–water partition coefficient (Wildman–Crippen LogP) is 2.92. The summed E-state index contributed by atoms with van der Waals surface area (Å²) >= 11 is 1.77. The van der Waals surface area contributed by atoms with E-state index < -0.39 is 0 Å². The highest BCUT2D eigenvalue weighted by Crippen LogP contribution is 2.20. The van der Waals surface area contributed by atoms with Crippen molar-refractivity contribution in [2.75, 3.05) is 40.0 Å². The van der Waals surface area contributed by atoms with Gasteiger partial charge in [0.25, 0.3) is 0 Å². The molecule has 0 bridgehead atoms. The smallest absolute Gasteiger partial charge is 0.241 e. The van der Waals surface area contributed by atoms with Gasteiger partial charge in [0, 0.05) is 36.9 Å². The van der Waals surface area contributed by atoms with Gasteiger partial charge >= 0.3 is 0 Å². The van der Waals surface area contributed by atoms with E-state index in [0.29, 0.717) is 12.5 Å². The van der Waals surface area contributed by atoms with Gasteiger partial charge in [0.05, 0.1) is 20.2 Å². The Hall–Kier alpha value is -2.67. The van der Waals surface area contributed by atoms with Crippen LogP contribution >= 0.6 is 11.8 Å². The number of carbonyl (C=O) groups excluding carboxylic acids is 1. The number of aliphatic imine (C=N–C) groups is 1. The fourth-order valence-corrected chi connectivity index (χ4v) is 3.28. The van der Waals surface area contributed by atoms with Crippen molar-refractivity contribution in [2.45, 2.75) is 18.4 Å². The van der Waals surface area contributed by atoms with Gasteiger partial charge in [-0.2, -0.15) is 0 Å². The molecule has 0 unspecified atom stereocenters. The first kappa shape index (κ1) is 22.6. The zero-order valence-corrected chi connectivity index (χ0v) is 18.4. The third-order valence-corrected chi connectivity index (χ3v) is 5.18. The molecule has 0 saturated carbocycles. The van der Waals surface area contributed by atoms with Crippen molar-refractivity contribution in [2.24, 2.45) is 4.99 Å². The van der Waals surface area contributed by atoms with Crippen LogP contribution in [0.5, 0.6) is 5.75 Å². The average molecular weight is 415 g/mol. The largest absolute Gasteiger partial charge is 0.496 e. The van der Waals surface area contributed by atoms with Crippen molar-refractivity contribution < 1.29 is 9.53 Å². The molecule has 0 saturated heterocycles. The van der Waals surface area contributed by atoms with Crippen LogP contribution in [0.2, 0.25) is 0 Å². The van der Waals surface area contributed by atoms with E-state index in [1.165, 1.54) is 4.90 Å². The van der Waals surface area contributed by atoms with Crippen LogP contribution in [0.15, 0.2) is 58.4 Å². The third kappa shape index (κ3) is 8.07. The fraction of sp³-hybridized carbons (Fsp3) is 0.364. The van der Waals surface area contributed by atoms with Gasteiger partial charge in [0.1, 0.15) is 5.75 Å². The highest BCUT2D eigenvalue weighted by atomic mass is 32.2. The molecule has 156 valence electrons. The van der Waals surface area contributed by atoms with Gasteiger partial charge in [0.2, 0.25) is 5.91 Å². The van der Waals surface area contributed by atoms with E-state index in [1.807, 2.05) is 43.3 Å². The lowest BCUT2D eigenvalue weighted by Crippen LogP contribution is -2.43. The molecule has 6 nitrogen and oxygen atoms in total. The molecule has 2 N–H and O–H groups in total. The molecule has 0 aliphatic rings. The van der Waals surface area contributed by atoms with Gasteiger partial charge < -0.3 is 20.3 Å². The summed E-state index contributed by atoms with van der Waals surface area (Å²) in [7, 11) is 5.14. The molecule has 0 radical (unpaired) electrons. The summed E-state index contributed by atoms with van der Waals surface area (Å²) in [4.78, 5) is 19.4. The summed E-state index contributed by atoms with van der Waals surface area (Å²) in [6.45, 7) is 3.41. The lowest BCUT2D eigenvalue weighted by molar-refractivity contribution is -0.127. The van der Waals surface area contributed by atoms with Crippen LogP contribution in [-0.2, 0) is 11.3 Å². The van der Waals surface area contributed by atoms with E-state index in [0.717, 1.165) is 29.2 Å². The first-order chi connectivity index (χ1) is 14.0. The molecule has 0 aliphatic carbocycles. The van der Waals surface area contributed by atoms with Gasteiger partial charge in [-0.15, -0.1) is 11.8 Å². The zero-order chi connectivity index (χ0) is 21.1. The van der Waals surface area contributed by atoms with E-state index in [9.17, 15) is 4.79 Å². The molecule has 2 aromatic carbocycles. The van der Waals surface area contributed by atoms with Crippen molar-refractivity contribution in [1.82, 2.24) is 15.5 Å². The van der Waals surface area contributed by atoms with Crippen LogP contribution in [0.1, 0.15) is 11.1 Å². The van der Waals surface area contributed by atoms with Gasteiger partial charge in [-0.3, -0.25) is 4.79 Å². The number of aryl methyl sites for hydroxylation is 1. The number of carbonyl (C=O) groups is 1. The number of rotatable bonds is 9. The minimum Gasteiger partial charge on any atom is -0.496 e. The quantitative estimate of drug-likeness (QED) is 0.286. The van der Waals surface area contributed by atoms with Gasteiger partial charge in [-0.1, -0.05) is 30.3 Å². The van der Waals surface area contributed by atoms with Gasteiger partial charge in [0.15, 0.2) is 5.96 Å². The number of ether oxygens (including phenoxy) is 1. The summed E-state index contributed by atoms with van der Waals surface area (Å²) < 4.78 is 5.46. The van der Waals surface area contributed by atoms with E-state index in [2.05, 4.69) is 27.8 Å². The summed E-state index contributed by atoms with van der Waals surface area (Å²) in [6, 6.07) is 16.3. The molecule has 0 fully saturated rings. The minimum absolute atomic E-state index is 0.00826. The molecule has 0 heterocycles. The molecule has 0 aliphatic heterocycles. The molecule has 29 heavy (non-hydrogen) atoms. The van der Waals surface area contributed by atoms with Crippen molar-refractivity contribution in [3.05, 3.63) is 59.7 Å². The summed E-state index contributed by atoms with van der Waals surface area (Å²) in [5.41, 5.74) is 2.14. The number of thioether (sulfide) groups is 1. The standard InChI is InChI=1S/C22H30N4O2S/c1-17-10-11-18(20(14-17)28-4)15-24-22(25-16-21(27)26(2)3)23-12-13-29-19-8-6-5-7-9-19/h5-11,14H,12-13,15-16H2,1-4H3,(H2,23,24,25). The number of benzene rings is 2. The van der Waals surface area contributed by atoms with Crippen LogP contribution < -0.4 is 15.4 Å². The maximum atomic E-state index is 11.9. The maximum absolute atomic E-state index is 11.9. The molecule has 1 amide bonds. The molecule has 2 aromatic rings. The number of amides is 1. The highest BCUT2D eigenvalue weighted by Gasteiger charge is 2.07. The van der Waals surface area contributed by atoms with Crippen LogP contribution in [0.3, 0.4) is 0 Å². The second kappa shape index (κ2) is 12.0. The predicted molar refractivity (Wildman–Crippen MR) is 121 cm³/mol. The van der Waals surface area contributed by atoms with Crippen molar-refractivity contribution in [3.63, 3.8) is 0 Å². The molecule has 0 aromatic heterocycles. The Labute approximate surface area is 177 Å². The van der Waals surface area contributed by atoms with E-state index in [1.54, 1.807) is 37.9 Å². The lowest BCUT2D eigenvalue weighted by Gasteiger charge is -2.15. The van der Waals surface area contributed by atoms with E-state index in [-0.39, 0.29) is 12.5 Å². The summed E-state index contributed by atoms with van der Waals surface area (Å²) in [5, 5.41) is 6.43. The zero-order valence-electron chi connectivity index (χ0n) is 17.6. The molecule has 2 rings (SSSR count). The number of guanidine groups is 1. The topological polar surface area (TPSA) is 66.0 Å². The van der Waals surface area contributed by atoms with E-state index >= 15 is 0 Å². The number of nitrogens with zero attached hydrogens (tertiary/aromatic N) is 2. The Balaban J connectivity index is 1.97. The van der Waals surface area contributed by atoms with Gasteiger partial charge in [-0.25, -0.2) is 4.99 Å². The SMILES string of the molecule is COc1cc(C)ccc1CN=C(NCCSc1ccccc1)NCC(=O)N(C)C. The van der Waals surface area contributed by atoms with Crippen molar-refractivity contribution in [3.8, 4) is 5.75 Å². The van der Waals surface area contributed by atoms with Crippen molar-refractivity contribution in [1.29, 1.82) is 0 Å². The first-order valence-electron chi connectivity index (χ1n) is 9.53. The minimum atomic E-state index is -0.00826. The molecule has 0 atom stereocenters. The number of hydrogen-bond donors (Lipinski definition) is 2. The Morgan fingerprint density at radius 2 is 1.90 bits per heavy atom. The van der Waals surface area contributed by atoms with E-state index in [4.69, 9.17) is 4.74 Å². The first-order valence-corrected chi connectivity index (χ1v) is 10.5. The average Bonchev–Trinajstić information content (AvgIpc) is 2.73. The lowest BCUT2D eigenvalue weighted by atomic mass is 10.1. The Kier molecular flexibility index (Phi) is 9.37. The highest BCUT2D eigenvalue weighted by molar-refractivity contribution is 7.99. The Morgan fingerprint density at radius 1 is 1.14 bits per heavy atom. The molecule has 7 heteroatoms. The second-order valence-corrected chi connectivity index (χ2v) is 7.88. The fourth-order valence-electron chi connectivity index (χ4n) is 2.49. The Morgan fingerprint density at radius 3 is 2.59 bits per heavy atom. The third-order valence-electron chi connectivity index (χ3n) is 4.16. The number of likely N-dealkylation sites (N-methyl/N-ethyl adjacent to an activating group) is 1. The maximum Gasteiger partial charge on any atom is 0.241 e. The molecular weight excluding hydrogens is 384 g/mol. The molecule has 0 spiro atoms. The Bertz CT molecular complexity index is 810. The summed E-state index contributed by atoms with van der Waals surface area (Å²) in [6.07, 6.45) is 0. The van der Waals surface area contributed by atoms with Crippen LogP contribution in [0.25, 0.3) is 0 Å². The molecular formula is C22H30N4O2S. The normalized spacial score (nSPS) is 11.1. The van der Waals surface area contributed by atoms with Crippen LogP contribution in [-0.4, -0.2) is 56.8 Å². The number of nitrogens with one attached hydrogen (secondary N) is 2. The summed E-state index contributed by atoms with van der Waals surface area (Å²) in [5.74, 6) is 2.31. The van der Waals surface area contributed by atoms with Gasteiger partial charge in [-0.05, 0) is 30.7 Å². The monoisotopic (exact) mass is 414 g/mol.